The largest absolute Gasteiger partial charge is 0.338 e. The first-order chi connectivity index (χ1) is 13.5. The number of anilines is 1. The Morgan fingerprint density at radius 1 is 1.21 bits per heavy atom. The topological polar surface area (TPSA) is 52.7 Å². The van der Waals surface area contributed by atoms with Crippen LogP contribution in [0.2, 0.25) is 0 Å². The highest BCUT2D eigenvalue weighted by Gasteiger charge is 2.34. The van der Waals surface area contributed by atoms with Crippen LogP contribution in [0.15, 0.2) is 48.5 Å². The molecule has 1 unspecified atom stereocenters. The number of hydrogen-bond donors (Lipinski definition) is 1. The van der Waals surface area contributed by atoms with Crippen LogP contribution in [0.3, 0.4) is 0 Å². The highest BCUT2D eigenvalue weighted by Crippen LogP contribution is 2.23. The Kier molecular flexibility index (Phi) is 6.23. The summed E-state index contributed by atoms with van der Waals surface area (Å²) in [6.45, 7) is 0.813. The van der Waals surface area contributed by atoms with Gasteiger partial charge in [-0.1, -0.05) is 24.3 Å². The molecule has 1 fully saturated rings. The molecule has 0 radical (unpaired) electrons. The zero-order valence-corrected chi connectivity index (χ0v) is 15.7. The predicted molar refractivity (Wildman–Crippen MR) is 103 cm³/mol. The van der Waals surface area contributed by atoms with Gasteiger partial charge in [-0.05, 0) is 43.0 Å². The van der Waals surface area contributed by atoms with Crippen molar-refractivity contribution in [3.63, 3.8) is 0 Å². The van der Waals surface area contributed by atoms with Gasteiger partial charge in [-0.25, -0.2) is 13.6 Å². The molecule has 5 nitrogen and oxygen atoms in total. The van der Waals surface area contributed by atoms with Gasteiger partial charge in [0, 0.05) is 31.9 Å². The van der Waals surface area contributed by atoms with Gasteiger partial charge in [-0.2, -0.15) is 0 Å². The summed E-state index contributed by atoms with van der Waals surface area (Å²) in [5, 5.41) is 2.70. The lowest BCUT2D eigenvalue weighted by Crippen LogP contribution is -2.55. The fourth-order valence-corrected chi connectivity index (χ4v) is 3.37. The summed E-state index contributed by atoms with van der Waals surface area (Å²) < 4.78 is 26.6. The smallest absolute Gasteiger partial charge is 0.317 e. The summed E-state index contributed by atoms with van der Waals surface area (Å²) >= 11 is 0. The first kappa shape index (κ1) is 19.8. The molecular formula is C21H23F2N3O2. The molecule has 0 aliphatic carbocycles. The molecule has 0 saturated carbocycles. The molecule has 2 aromatic carbocycles. The fraction of sp³-hybridized carbons (Fsp3) is 0.333. The minimum atomic E-state index is -0.636. The zero-order valence-electron chi connectivity index (χ0n) is 15.7. The predicted octanol–water partition coefficient (Wildman–Crippen LogP) is 3.34. The highest BCUT2D eigenvalue weighted by atomic mass is 19.1. The van der Waals surface area contributed by atoms with Crippen LogP contribution in [0.25, 0.3) is 0 Å². The summed E-state index contributed by atoms with van der Waals surface area (Å²) in [6, 6.07) is 11.8. The molecule has 1 N–H and O–H groups in total. The van der Waals surface area contributed by atoms with Crippen LogP contribution in [-0.2, 0) is 11.2 Å². The van der Waals surface area contributed by atoms with Crippen molar-refractivity contribution in [2.45, 2.75) is 25.3 Å². The molecule has 1 atom stereocenters. The molecule has 148 valence electrons. The first-order valence-corrected chi connectivity index (χ1v) is 9.28. The number of amides is 3. The Morgan fingerprint density at radius 2 is 1.96 bits per heavy atom. The number of halogens is 2. The van der Waals surface area contributed by atoms with Gasteiger partial charge >= 0.3 is 6.03 Å². The molecule has 28 heavy (non-hydrogen) atoms. The minimum absolute atomic E-state index is 0.111. The normalized spacial score (nSPS) is 16.8. The third kappa shape index (κ3) is 4.47. The molecule has 0 spiro atoms. The second-order valence-corrected chi connectivity index (χ2v) is 6.81. The SMILES string of the molecule is CN(C(=O)NCCc1ccc(F)cc1F)C1CCCN(c2ccccc2)C1=O. The van der Waals surface area contributed by atoms with Crippen molar-refractivity contribution in [3.05, 3.63) is 65.7 Å². The number of para-hydroxylation sites is 1. The van der Waals surface area contributed by atoms with Crippen molar-refractivity contribution >= 4 is 17.6 Å². The molecule has 1 saturated heterocycles. The summed E-state index contributed by atoms with van der Waals surface area (Å²) in [5.41, 5.74) is 1.14. The number of nitrogens with one attached hydrogen (secondary N) is 1. The average Bonchev–Trinajstić information content (AvgIpc) is 2.70. The van der Waals surface area contributed by atoms with E-state index in [0.717, 1.165) is 18.2 Å². The number of nitrogens with zero attached hydrogens (tertiary/aromatic N) is 2. The molecule has 0 aromatic heterocycles. The van der Waals surface area contributed by atoms with Crippen LogP contribution in [0, 0.1) is 11.6 Å². The first-order valence-electron chi connectivity index (χ1n) is 9.28. The van der Waals surface area contributed by atoms with Crippen LogP contribution in [0.5, 0.6) is 0 Å². The van der Waals surface area contributed by atoms with Gasteiger partial charge in [0.15, 0.2) is 0 Å². The van der Waals surface area contributed by atoms with E-state index in [9.17, 15) is 18.4 Å². The van der Waals surface area contributed by atoms with Crippen molar-refractivity contribution < 1.29 is 18.4 Å². The third-order valence-corrected chi connectivity index (χ3v) is 4.95. The Labute approximate surface area is 162 Å². The highest BCUT2D eigenvalue weighted by molar-refractivity contribution is 5.99. The number of rotatable bonds is 5. The van der Waals surface area contributed by atoms with Crippen LogP contribution in [0.1, 0.15) is 18.4 Å². The van der Waals surface area contributed by atoms with Crippen molar-refractivity contribution in [2.75, 3.05) is 25.0 Å². The van der Waals surface area contributed by atoms with Crippen LogP contribution >= 0.6 is 0 Å². The van der Waals surface area contributed by atoms with E-state index in [-0.39, 0.29) is 18.9 Å². The summed E-state index contributed by atoms with van der Waals surface area (Å²) in [5.74, 6) is -1.38. The van der Waals surface area contributed by atoms with Gasteiger partial charge < -0.3 is 15.1 Å². The van der Waals surface area contributed by atoms with E-state index < -0.39 is 23.7 Å². The van der Waals surface area contributed by atoms with Crippen LogP contribution in [-0.4, -0.2) is 43.0 Å². The van der Waals surface area contributed by atoms with Gasteiger partial charge in [-0.3, -0.25) is 4.79 Å². The number of carbonyl (C=O) groups is 2. The Bertz CT molecular complexity index is 845. The molecule has 0 bridgehead atoms. The van der Waals surface area contributed by atoms with Crippen LogP contribution < -0.4 is 10.2 Å². The van der Waals surface area contributed by atoms with Gasteiger partial charge in [0.25, 0.3) is 0 Å². The standard InChI is InChI=1S/C21H23F2N3O2/c1-25(21(28)24-12-11-15-9-10-16(22)14-18(15)23)19-8-5-13-26(20(19)27)17-6-3-2-4-7-17/h2-4,6-7,9-10,14,19H,5,8,11-13H2,1H3,(H,24,28). The molecule has 1 aliphatic rings. The number of urea groups is 1. The maximum absolute atomic E-state index is 13.7. The number of hydrogen-bond acceptors (Lipinski definition) is 2. The van der Waals surface area contributed by atoms with E-state index in [1.165, 1.54) is 17.0 Å². The molecular weight excluding hydrogens is 364 g/mol. The van der Waals surface area contributed by atoms with E-state index in [4.69, 9.17) is 0 Å². The van der Waals surface area contributed by atoms with E-state index in [2.05, 4.69) is 5.32 Å². The van der Waals surface area contributed by atoms with Crippen LogP contribution in [0.4, 0.5) is 19.3 Å². The maximum atomic E-state index is 13.7. The van der Waals surface area contributed by atoms with Gasteiger partial charge in [0.05, 0.1) is 0 Å². The number of benzene rings is 2. The Morgan fingerprint density at radius 3 is 2.68 bits per heavy atom. The number of carbonyl (C=O) groups excluding carboxylic acids is 2. The molecule has 1 heterocycles. The Hall–Kier alpha value is -2.96. The molecule has 3 rings (SSSR count). The van der Waals surface area contributed by atoms with E-state index >= 15 is 0 Å². The van der Waals surface area contributed by atoms with Crippen molar-refractivity contribution in [1.29, 1.82) is 0 Å². The second kappa shape index (κ2) is 8.82. The summed E-state index contributed by atoms with van der Waals surface area (Å²) in [6.07, 6.45) is 1.63. The minimum Gasteiger partial charge on any atom is -0.338 e. The van der Waals surface area contributed by atoms with Gasteiger partial charge in [0.1, 0.15) is 17.7 Å². The lowest BCUT2D eigenvalue weighted by molar-refractivity contribution is -0.123. The zero-order chi connectivity index (χ0) is 20.1. The third-order valence-electron chi connectivity index (χ3n) is 4.95. The fourth-order valence-electron chi connectivity index (χ4n) is 3.37. The monoisotopic (exact) mass is 387 g/mol. The van der Waals surface area contributed by atoms with Gasteiger partial charge in [-0.15, -0.1) is 0 Å². The van der Waals surface area contributed by atoms with Crippen molar-refractivity contribution in [1.82, 2.24) is 10.2 Å². The second-order valence-electron chi connectivity index (χ2n) is 6.81. The Balaban J connectivity index is 1.57. The van der Waals surface area contributed by atoms with E-state index in [1.807, 2.05) is 30.3 Å². The maximum Gasteiger partial charge on any atom is 0.317 e. The molecule has 2 aromatic rings. The number of piperidine rings is 1. The molecule has 7 heteroatoms. The quantitative estimate of drug-likeness (QED) is 0.856. The lowest BCUT2D eigenvalue weighted by atomic mass is 10.0. The molecule has 3 amide bonds. The summed E-state index contributed by atoms with van der Waals surface area (Å²) in [7, 11) is 1.59. The van der Waals surface area contributed by atoms with Crippen molar-refractivity contribution in [3.8, 4) is 0 Å². The van der Waals surface area contributed by atoms with Gasteiger partial charge in [0.2, 0.25) is 5.91 Å². The average molecular weight is 387 g/mol. The summed E-state index contributed by atoms with van der Waals surface area (Å²) in [4.78, 5) is 28.4. The van der Waals surface area contributed by atoms with E-state index in [0.29, 0.717) is 18.5 Å². The van der Waals surface area contributed by atoms with E-state index in [1.54, 1.807) is 11.9 Å². The number of likely N-dealkylation sites (N-methyl/N-ethyl adjacent to an activating group) is 1. The van der Waals surface area contributed by atoms with Crippen molar-refractivity contribution in [2.24, 2.45) is 0 Å². The molecule has 1 aliphatic heterocycles. The lowest BCUT2D eigenvalue weighted by Gasteiger charge is -2.36.